The first-order valence-electron chi connectivity index (χ1n) is 13.5. The largest absolute Gasteiger partial charge is 0.497 e. The Kier molecular flexibility index (Phi) is 10.1. The van der Waals surface area contributed by atoms with Crippen molar-refractivity contribution < 1.29 is 34.1 Å². The van der Waals surface area contributed by atoms with Crippen molar-refractivity contribution >= 4 is 40.7 Å². The summed E-state index contributed by atoms with van der Waals surface area (Å²) in [5.74, 6) is -2.26. The number of rotatable bonds is 13. The van der Waals surface area contributed by atoms with Crippen LogP contribution in [0.25, 0.3) is 11.2 Å². The number of ether oxygens (including phenoxy) is 2. The summed E-state index contributed by atoms with van der Waals surface area (Å²) in [6.45, 7) is 0.265. The van der Waals surface area contributed by atoms with Gasteiger partial charge in [-0.15, -0.1) is 0 Å². The number of guanidine groups is 1. The number of nitrogens with two attached hydrogens (primary N) is 4. The molecule has 18 nitrogen and oxygen atoms in total. The second-order valence-electron chi connectivity index (χ2n) is 10.1. The van der Waals surface area contributed by atoms with Crippen molar-refractivity contribution in [1.29, 1.82) is 0 Å². The zero-order chi connectivity index (χ0) is 32.0. The first-order chi connectivity index (χ1) is 21.0. The molecule has 44 heavy (non-hydrogen) atoms. The van der Waals surface area contributed by atoms with Gasteiger partial charge in [-0.05, 0) is 30.5 Å². The molecule has 3 aromatic rings. The SMILES string of the molecule is COc1ccc(CC(NC(=O)C(N)CCCN=C(N)N)C(=O)NC2C(C(=O)O)OC(n3cnc4c(N)ncnc43)C2O)cc1. The Hall–Kier alpha value is -5.07. The molecule has 1 saturated heterocycles. The van der Waals surface area contributed by atoms with Crippen LogP contribution in [0.4, 0.5) is 5.82 Å². The highest BCUT2D eigenvalue weighted by Crippen LogP contribution is 2.32. The monoisotopic (exact) mass is 613 g/mol. The summed E-state index contributed by atoms with van der Waals surface area (Å²) >= 11 is 0. The van der Waals surface area contributed by atoms with Crippen molar-refractivity contribution in [2.24, 2.45) is 22.2 Å². The number of carboxylic acid groups (broad SMARTS) is 1. The molecule has 236 valence electrons. The summed E-state index contributed by atoms with van der Waals surface area (Å²) in [5.41, 5.74) is 23.6. The van der Waals surface area contributed by atoms with Crippen molar-refractivity contribution in [2.75, 3.05) is 19.4 Å². The third kappa shape index (κ3) is 7.28. The van der Waals surface area contributed by atoms with E-state index in [9.17, 15) is 24.6 Å². The highest BCUT2D eigenvalue weighted by molar-refractivity contribution is 5.90. The van der Waals surface area contributed by atoms with Crippen molar-refractivity contribution in [3.8, 4) is 5.75 Å². The molecule has 0 aliphatic carbocycles. The van der Waals surface area contributed by atoms with Crippen LogP contribution >= 0.6 is 0 Å². The minimum Gasteiger partial charge on any atom is -0.497 e. The molecule has 4 rings (SSSR count). The first-order valence-corrected chi connectivity index (χ1v) is 13.5. The Morgan fingerprint density at radius 1 is 1.16 bits per heavy atom. The number of aliphatic hydroxyl groups is 1. The van der Waals surface area contributed by atoms with E-state index in [1.807, 2.05) is 0 Å². The number of nitrogens with one attached hydrogen (secondary N) is 2. The predicted octanol–water partition coefficient (Wildman–Crippen LogP) is -2.65. The summed E-state index contributed by atoms with van der Waals surface area (Å²) in [6.07, 6.45) is -1.42. The minimum absolute atomic E-state index is 0.00941. The van der Waals surface area contributed by atoms with Gasteiger partial charge in [-0.3, -0.25) is 19.1 Å². The molecule has 6 unspecified atom stereocenters. The Morgan fingerprint density at radius 2 is 1.89 bits per heavy atom. The normalized spacial score (nSPS) is 20.9. The number of hydrogen-bond donors (Lipinski definition) is 8. The molecular weight excluding hydrogens is 578 g/mol. The number of carbonyl (C=O) groups is 3. The predicted molar refractivity (Wildman–Crippen MR) is 156 cm³/mol. The maximum absolute atomic E-state index is 13.6. The van der Waals surface area contributed by atoms with Gasteiger partial charge in [0.25, 0.3) is 0 Å². The number of amides is 2. The van der Waals surface area contributed by atoms with E-state index >= 15 is 0 Å². The second kappa shape index (κ2) is 13.9. The van der Waals surface area contributed by atoms with Crippen LogP contribution in [-0.2, 0) is 25.5 Å². The molecular formula is C26H35N11O7. The maximum Gasteiger partial charge on any atom is 0.335 e. The van der Waals surface area contributed by atoms with E-state index in [1.165, 1.54) is 24.3 Å². The van der Waals surface area contributed by atoms with Crippen LogP contribution in [0.1, 0.15) is 24.6 Å². The highest BCUT2D eigenvalue weighted by Gasteiger charge is 2.50. The fourth-order valence-corrected chi connectivity index (χ4v) is 4.73. The number of benzene rings is 1. The molecule has 2 amide bonds. The van der Waals surface area contributed by atoms with Gasteiger partial charge >= 0.3 is 5.97 Å². The van der Waals surface area contributed by atoms with Crippen molar-refractivity contribution in [1.82, 2.24) is 30.2 Å². The molecule has 1 aliphatic rings. The lowest BCUT2D eigenvalue weighted by Gasteiger charge is -2.25. The van der Waals surface area contributed by atoms with Crippen molar-refractivity contribution in [3.05, 3.63) is 42.5 Å². The van der Waals surface area contributed by atoms with Gasteiger partial charge in [0.2, 0.25) is 11.8 Å². The van der Waals surface area contributed by atoms with Crippen molar-refractivity contribution in [2.45, 2.75) is 55.8 Å². The van der Waals surface area contributed by atoms with Gasteiger partial charge in [0, 0.05) is 13.0 Å². The van der Waals surface area contributed by atoms with Crippen LogP contribution in [0, 0.1) is 0 Å². The van der Waals surface area contributed by atoms with Crippen LogP contribution in [0.5, 0.6) is 5.75 Å². The summed E-state index contributed by atoms with van der Waals surface area (Å²) in [4.78, 5) is 54.7. The third-order valence-corrected chi connectivity index (χ3v) is 7.02. The zero-order valence-corrected chi connectivity index (χ0v) is 23.7. The first kappa shape index (κ1) is 31.9. The van der Waals surface area contributed by atoms with Crippen LogP contribution < -0.4 is 38.3 Å². The number of aliphatic carboxylic acids is 1. The molecule has 1 aliphatic heterocycles. The summed E-state index contributed by atoms with van der Waals surface area (Å²) < 4.78 is 12.1. The van der Waals surface area contributed by atoms with Gasteiger partial charge in [-0.2, -0.15) is 0 Å². The summed E-state index contributed by atoms with van der Waals surface area (Å²) in [6, 6.07) is 3.17. The van der Waals surface area contributed by atoms with Gasteiger partial charge in [0.1, 0.15) is 29.7 Å². The number of anilines is 1. The van der Waals surface area contributed by atoms with E-state index in [4.69, 9.17) is 32.4 Å². The van der Waals surface area contributed by atoms with Crippen LogP contribution in [0.3, 0.4) is 0 Å². The minimum atomic E-state index is -1.66. The molecule has 0 spiro atoms. The number of hydrogen-bond acceptors (Lipinski definition) is 12. The Balaban J connectivity index is 1.54. The van der Waals surface area contributed by atoms with Crippen LogP contribution in [0.15, 0.2) is 41.9 Å². The zero-order valence-electron chi connectivity index (χ0n) is 23.7. The van der Waals surface area contributed by atoms with Gasteiger partial charge in [-0.25, -0.2) is 19.7 Å². The molecule has 1 aromatic carbocycles. The maximum atomic E-state index is 13.6. The van der Waals surface area contributed by atoms with E-state index in [0.717, 1.165) is 0 Å². The summed E-state index contributed by atoms with van der Waals surface area (Å²) in [5, 5.41) is 26.3. The van der Waals surface area contributed by atoms with Crippen LogP contribution in [-0.4, -0.2) is 97.5 Å². The fraction of sp³-hybridized carbons (Fsp3) is 0.423. The highest BCUT2D eigenvalue weighted by atomic mass is 16.6. The molecule has 0 radical (unpaired) electrons. The quantitative estimate of drug-likeness (QED) is 0.0555. The Labute approximate surface area is 250 Å². The van der Waals surface area contributed by atoms with Crippen LogP contribution in [0.2, 0.25) is 0 Å². The molecule has 0 bridgehead atoms. The molecule has 1 fully saturated rings. The van der Waals surface area contributed by atoms with Gasteiger partial charge in [0.15, 0.2) is 29.8 Å². The lowest BCUT2D eigenvalue weighted by Crippen LogP contribution is -2.57. The van der Waals surface area contributed by atoms with Gasteiger partial charge < -0.3 is 53.3 Å². The van der Waals surface area contributed by atoms with E-state index in [-0.39, 0.29) is 42.3 Å². The van der Waals surface area contributed by atoms with Gasteiger partial charge in [-0.1, -0.05) is 12.1 Å². The number of nitrogen functional groups attached to an aromatic ring is 1. The summed E-state index contributed by atoms with van der Waals surface area (Å²) in [7, 11) is 1.51. The van der Waals surface area contributed by atoms with Gasteiger partial charge in [0.05, 0.1) is 25.5 Å². The topological polar surface area (TPSA) is 294 Å². The van der Waals surface area contributed by atoms with E-state index in [0.29, 0.717) is 17.7 Å². The Bertz CT molecular complexity index is 1510. The molecule has 2 aromatic heterocycles. The number of aliphatic imine (C=N–C) groups is 1. The third-order valence-electron chi connectivity index (χ3n) is 7.02. The standard InChI is InChI=1S/C26H35N11O7/c1-43-13-6-4-12(5-7-13)9-15(35-22(39)14(27)3-2-8-31-26(29)30)23(40)36-16-18(38)24(44-19(16)25(41)42)37-11-34-17-20(28)32-10-33-21(17)37/h4-7,10-11,14-16,18-19,24,38H,2-3,8-9,27H2,1H3,(H,35,39)(H,36,40)(H,41,42)(H2,28,32,33)(H4,29,30,31). The van der Waals surface area contributed by atoms with E-state index in [2.05, 4.69) is 30.6 Å². The average Bonchev–Trinajstić information content (AvgIpc) is 3.56. The lowest BCUT2D eigenvalue weighted by atomic mass is 10.0. The lowest BCUT2D eigenvalue weighted by molar-refractivity contribution is -0.152. The number of carbonyl (C=O) groups excluding carboxylic acids is 2. The smallest absolute Gasteiger partial charge is 0.335 e. The van der Waals surface area contributed by atoms with Crippen molar-refractivity contribution in [3.63, 3.8) is 0 Å². The molecule has 0 saturated carbocycles. The Morgan fingerprint density at radius 3 is 2.55 bits per heavy atom. The molecule has 12 N–H and O–H groups in total. The fourth-order valence-electron chi connectivity index (χ4n) is 4.73. The molecule has 6 atom stereocenters. The molecule has 18 heteroatoms. The average molecular weight is 614 g/mol. The number of nitrogens with zero attached hydrogens (tertiary/aromatic N) is 5. The number of imidazole rings is 1. The van der Waals surface area contributed by atoms with E-state index in [1.54, 1.807) is 24.3 Å². The van der Waals surface area contributed by atoms with E-state index < -0.39 is 54.3 Å². The number of aliphatic hydroxyl groups excluding tert-OH is 1. The number of aromatic nitrogens is 4. The molecule has 3 heterocycles. The number of carboxylic acids is 1. The number of methoxy groups -OCH3 is 1. The second-order valence-corrected chi connectivity index (χ2v) is 10.1. The number of fused-ring (bicyclic) bond motifs is 1.